The number of rotatable bonds is 10. The standard InChI is InChI=1S/C21H30ClN3O4/c1-15(2)29-18-14-19(23-6-10-26-3)24-21-16(18)4-5-17(20(21)22)28-13-9-25-7-11-27-12-8-25/h4-5,14-15H,6-13H2,1-3H3,(H,23,24). The van der Waals surface area contributed by atoms with Crippen LogP contribution >= 0.6 is 11.6 Å². The minimum absolute atomic E-state index is 0.0376. The van der Waals surface area contributed by atoms with Crippen LogP contribution in [0, 0.1) is 0 Å². The summed E-state index contributed by atoms with van der Waals surface area (Å²) in [5.74, 6) is 2.06. The first-order valence-corrected chi connectivity index (χ1v) is 10.4. The molecule has 8 heteroatoms. The van der Waals surface area contributed by atoms with Gasteiger partial charge in [0.2, 0.25) is 0 Å². The second-order valence-corrected chi connectivity index (χ2v) is 7.55. The molecule has 160 valence electrons. The van der Waals surface area contributed by atoms with Crippen molar-refractivity contribution in [2.45, 2.75) is 20.0 Å². The number of methoxy groups -OCH3 is 1. The van der Waals surface area contributed by atoms with E-state index in [1.807, 2.05) is 32.0 Å². The highest BCUT2D eigenvalue weighted by Crippen LogP contribution is 2.37. The lowest BCUT2D eigenvalue weighted by atomic mass is 10.2. The molecule has 1 saturated heterocycles. The largest absolute Gasteiger partial charge is 0.491 e. The number of nitrogens with one attached hydrogen (secondary N) is 1. The smallest absolute Gasteiger partial charge is 0.140 e. The van der Waals surface area contributed by atoms with Gasteiger partial charge in [-0.1, -0.05) is 11.6 Å². The molecule has 3 rings (SSSR count). The molecule has 2 heterocycles. The van der Waals surface area contributed by atoms with E-state index in [9.17, 15) is 0 Å². The molecule has 0 aliphatic carbocycles. The molecular formula is C21H30ClN3O4. The fraction of sp³-hybridized carbons (Fsp3) is 0.571. The lowest BCUT2D eigenvalue weighted by Gasteiger charge is -2.26. The summed E-state index contributed by atoms with van der Waals surface area (Å²) >= 11 is 6.68. The summed E-state index contributed by atoms with van der Waals surface area (Å²) in [7, 11) is 1.67. The van der Waals surface area contributed by atoms with Crippen LogP contribution in [0.5, 0.6) is 11.5 Å². The van der Waals surface area contributed by atoms with Crippen molar-refractivity contribution in [2.75, 3.05) is 65.0 Å². The topological polar surface area (TPSA) is 65.1 Å². The third kappa shape index (κ3) is 6.09. The van der Waals surface area contributed by atoms with Gasteiger partial charge in [0.05, 0.1) is 31.4 Å². The number of ether oxygens (including phenoxy) is 4. The predicted molar refractivity (Wildman–Crippen MR) is 116 cm³/mol. The maximum atomic E-state index is 6.68. The van der Waals surface area contributed by atoms with Crippen LogP contribution in [0.3, 0.4) is 0 Å². The van der Waals surface area contributed by atoms with Crippen LogP contribution < -0.4 is 14.8 Å². The van der Waals surface area contributed by atoms with Crippen molar-refractivity contribution in [1.82, 2.24) is 9.88 Å². The Kier molecular flexibility index (Phi) is 8.18. The molecule has 1 N–H and O–H groups in total. The number of morpholine rings is 1. The number of fused-ring (bicyclic) bond motifs is 1. The zero-order valence-electron chi connectivity index (χ0n) is 17.4. The highest BCUT2D eigenvalue weighted by Gasteiger charge is 2.16. The Morgan fingerprint density at radius 1 is 1.21 bits per heavy atom. The van der Waals surface area contributed by atoms with Crippen LogP contribution in [-0.4, -0.2) is 75.7 Å². The van der Waals surface area contributed by atoms with Gasteiger partial charge in [-0.15, -0.1) is 0 Å². The van der Waals surface area contributed by atoms with Crippen LogP contribution in [0.4, 0.5) is 5.82 Å². The summed E-state index contributed by atoms with van der Waals surface area (Å²) in [5.41, 5.74) is 0.661. The van der Waals surface area contributed by atoms with E-state index >= 15 is 0 Å². The SMILES string of the molecule is COCCNc1cc(OC(C)C)c2ccc(OCCN3CCOCC3)c(Cl)c2n1. The van der Waals surface area contributed by atoms with Crippen LogP contribution in [0.25, 0.3) is 10.9 Å². The van der Waals surface area contributed by atoms with Gasteiger partial charge in [-0.05, 0) is 26.0 Å². The van der Waals surface area contributed by atoms with E-state index in [0.717, 1.165) is 44.0 Å². The molecule has 0 bridgehead atoms. The number of hydrogen-bond acceptors (Lipinski definition) is 7. The molecule has 0 amide bonds. The maximum absolute atomic E-state index is 6.68. The summed E-state index contributed by atoms with van der Waals surface area (Å²) in [4.78, 5) is 7.01. The molecule has 0 unspecified atom stereocenters. The van der Waals surface area contributed by atoms with Crippen LogP contribution in [0.15, 0.2) is 18.2 Å². The van der Waals surface area contributed by atoms with Gasteiger partial charge in [0, 0.05) is 44.7 Å². The van der Waals surface area contributed by atoms with Gasteiger partial charge in [0.15, 0.2) is 0 Å². The number of hydrogen-bond donors (Lipinski definition) is 1. The van der Waals surface area contributed by atoms with E-state index in [2.05, 4.69) is 15.2 Å². The highest BCUT2D eigenvalue weighted by molar-refractivity contribution is 6.36. The molecule has 1 aliphatic heterocycles. The van der Waals surface area contributed by atoms with Crippen molar-refractivity contribution in [2.24, 2.45) is 0 Å². The molecule has 0 atom stereocenters. The number of aromatic nitrogens is 1. The van der Waals surface area contributed by atoms with Crippen LogP contribution in [-0.2, 0) is 9.47 Å². The number of nitrogens with zero attached hydrogens (tertiary/aromatic N) is 2. The van der Waals surface area contributed by atoms with Crippen molar-refractivity contribution in [1.29, 1.82) is 0 Å². The third-order valence-corrected chi connectivity index (χ3v) is 4.96. The van der Waals surface area contributed by atoms with Gasteiger partial charge in [-0.3, -0.25) is 4.90 Å². The number of halogens is 1. The van der Waals surface area contributed by atoms with E-state index in [0.29, 0.717) is 41.9 Å². The van der Waals surface area contributed by atoms with Crippen molar-refractivity contribution in [3.8, 4) is 11.5 Å². The number of anilines is 1. The number of benzene rings is 1. The van der Waals surface area contributed by atoms with Gasteiger partial charge in [0.25, 0.3) is 0 Å². The summed E-state index contributed by atoms with van der Waals surface area (Å²) < 4.78 is 22.5. The van der Waals surface area contributed by atoms with E-state index in [1.165, 1.54) is 0 Å². The van der Waals surface area contributed by atoms with E-state index in [4.69, 9.17) is 30.5 Å². The van der Waals surface area contributed by atoms with Gasteiger partial charge in [-0.2, -0.15) is 0 Å². The Morgan fingerprint density at radius 2 is 2.00 bits per heavy atom. The molecule has 0 radical (unpaired) electrons. The molecule has 1 aromatic heterocycles. The van der Waals surface area contributed by atoms with Crippen molar-refractivity contribution in [3.05, 3.63) is 23.2 Å². The van der Waals surface area contributed by atoms with E-state index < -0.39 is 0 Å². The normalized spacial score (nSPS) is 15.1. The summed E-state index contributed by atoms with van der Waals surface area (Å²) in [6, 6.07) is 5.74. The first kappa shape index (κ1) is 21.9. The molecule has 7 nitrogen and oxygen atoms in total. The Bertz CT molecular complexity index is 797. The van der Waals surface area contributed by atoms with E-state index in [-0.39, 0.29) is 6.10 Å². The monoisotopic (exact) mass is 423 g/mol. The Morgan fingerprint density at radius 3 is 2.72 bits per heavy atom. The molecular weight excluding hydrogens is 394 g/mol. The maximum Gasteiger partial charge on any atom is 0.140 e. The average molecular weight is 424 g/mol. The van der Waals surface area contributed by atoms with Gasteiger partial charge in [-0.25, -0.2) is 4.98 Å². The third-order valence-electron chi connectivity index (χ3n) is 4.59. The van der Waals surface area contributed by atoms with Crippen molar-refractivity contribution in [3.63, 3.8) is 0 Å². The fourth-order valence-electron chi connectivity index (χ4n) is 3.15. The summed E-state index contributed by atoms with van der Waals surface area (Å²) in [5, 5.41) is 4.61. The Hall–Kier alpha value is -1.80. The quantitative estimate of drug-likeness (QED) is 0.587. The molecule has 0 spiro atoms. The lowest BCUT2D eigenvalue weighted by molar-refractivity contribution is 0.0322. The lowest BCUT2D eigenvalue weighted by Crippen LogP contribution is -2.38. The van der Waals surface area contributed by atoms with Crippen LogP contribution in [0.1, 0.15) is 13.8 Å². The fourth-order valence-corrected chi connectivity index (χ4v) is 3.41. The second-order valence-electron chi connectivity index (χ2n) is 7.17. The minimum atomic E-state index is 0.0376. The van der Waals surface area contributed by atoms with Crippen molar-refractivity contribution < 1.29 is 18.9 Å². The number of pyridine rings is 1. The first-order chi connectivity index (χ1) is 14.1. The minimum Gasteiger partial charge on any atom is -0.491 e. The van der Waals surface area contributed by atoms with Gasteiger partial charge < -0.3 is 24.3 Å². The van der Waals surface area contributed by atoms with Gasteiger partial charge in [0.1, 0.15) is 28.9 Å². The zero-order chi connectivity index (χ0) is 20.6. The molecule has 1 aromatic carbocycles. The summed E-state index contributed by atoms with van der Waals surface area (Å²) in [6.07, 6.45) is 0.0376. The molecule has 1 fully saturated rings. The highest BCUT2D eigenvalue weighted by atomic mass is 35.5. The average Bonchev–Trinajstić information content (AvgIpc) is 2.71. The molecule has 2 aromatic rings. The van der Waals surface area contributed by atoms with Crippen LogP contribution in [0.2, 0.25) is 5.02 Å². The van der Waals surface area contributed by atoms with E-state index in [1.54, 1.807) is 7.11 Å². The van der Waals surface area contributed by atoms with Gasteiger partial charge >= 0.3 is 0 Å². The summed E-state index contributed by atoms with van der Waals surface area (Å²) in [6.45, 7) is 10.0. The first-order valence-electron chi connectivity index (χ1n) is 10.0. The molecule has 1 aliphatic rings. The Labute approximate surface area is 177 Å². The Balaban J connectivity index is 1.79. The second kappa shape index (κ2) is 10.8. The predicted octanol–water partition coefficient (Wildman–Crippen LogP) is 3.44. The zero-order valence-corrected chi connectivity index (χ0v) is 18.1. The molecule has 29 heavy (non-hydrogen) atoms. The van der Waals surface area contributed by atoms with Crippen molar-refractivity contribution >= 4 is 28.3 Å². The molecule has 0 saturated carbocycles.